The van der Waals surface area contributed by atoms with Crippen molar-refractivity contribution >= 4 is 11.7 Å². The minimum absolute atomic E-state index is 0.159. The fourth-order valence-corrected chi connectivity index (χ4v) is 1.63. The average molecular weight is 191 g/mol. The molecular formula is C10H13N3O. The highest BCUT2D eigenvalue weighted by atomic mass is 16.2. The summed E-state index contributed by atoms with van der Waals surface area (Å²) in [5.74, 6) is 0.891. The summed E-state index contributed by atoms with van der Waals surface area (Å²) in [4.78, 5) is 17.3. The van der Waals surface area contributed by atoms with Crippen molar-refractivity contribution in [3.63, 3.8) is 0 Å². The molecule has 1 saturated heterocycles. The Bertz CT molecular complexity index is 351. The van der Waals surface area contributed by atoms with Gasteiger partial charge in [0.15, 0.2) is 0 Å². The number of hydrogen-bond donors (Lipinski definition) is 1. The maximum Gasteiger partial charge on any atom is 0.228 e. The van der Waals surface area contributed by atoms with Crippen LogP contribution in [0.4, 0.5) is 5.82 Å². The monoisotopic (exact) mass is 191 g/mol. The predicted molar refractivity (Wildman–Crippen MR) is 53.7 cm³/mol. The molecule has 1 aliphatic rings. The summed E-state index contributed by atoms with van der Waals surface area (Å²) in [6, 6.07) is 3.74. The van der Waals surface area contributed by atoms with Crippen LogP contribution < -0.4 is 10.6 Å². The Morgan fingerprint density at radius 2 is 2.43 bits per heavy atom. The fourth-order valence-electron chi connectivity index (χ4n) is 1.63. The fraction of sp³-hybridized carbons (Fsp3) is 0.400. The summed E-state index contributed by atoms with van der Waals surface area (Å²) in [7, 11) is 0. The van der Waals surface area contributed by atoms with Gasteiger partial charge >= 0.3 is 0 Å². The molecule has 1 aromatic rings. The molecule has 2 N–H and O–H groups in total. The lowest BCUT2D eigenvalue weighted by Crippen LogP contribution is -2.24. The standard InChI is InChI=1S/C10H13N3O/c11-7-8-3-4-12-9(6-8)13-5-1-2-10(13)14/h3-4,6H,1-2,5,7,11H2. The summed E-state index contributed by atoms with van der Waals surface area (Å²) in [6.45, 7) is 1.26. The molecule has 1 fully saturated rings. The Hall–Kier alpha value is -1.42. The number of carbonyl (C=O) groups excluding carboxylic acids is 1. The summed E-state index contributed by atoms with van der Waals surface area (Å²) in [5.41, 5.74) is 6.53. The molecule has 0 spiro atoms. The zero-order valence-corrected chi connectivity index (χ0v) is 7.94. The molecule has 0 bridgehead atoms. The van der Waals surface area contributed by atoms with Crippen LogP contribution in [0.15, 0.2) is 18.3 Å². The van der Waals surface area contributed by atoms with Crippen molar-refractivity contribution in [2.75, 3.05) is 11.4 Å². The van der Waals surface area contributed by atoms with Crippen LogP contribution in [0.1, 0.15) is 18.4 Å². The van der Waals surface area contributed by atoms with E-state index in [2.05, 4.69) is 4.98 Å². The van der Waals surface area contributed by atoms with Crippen LogP contribution in [0, 0.1) is 0 Å². The Balaban J connectivity index is 2.26. The van der Waals surface area contributed by atoms with Gasteiger partial charge in [-0.1, -0.05) is 0 Å². The van der Waals surface area contributed by atoms with E-state index in [4.69, 9.17) is 5.73 Å². The maximum absolute atomic E-state index is 11.4. The van der Waals surface area contributed by atoms with Gasteiger partial charge in [0.25, 0.3) is 0 Å². The topological polar surface area (TPSA) is 59.2 Å². The van der Waals surface area contributed by atoms with Crippen molar-refractivity contribution in [3.05, 3.63) is 23.9 Å². The van der Waals surface area contributed by atoms with Crippen molar-refractivity contribution in [3.8, 4) is 0 Å². The maximum atomic E-state index is 11.4. The van der Waals surface area contributed by atoms with Gasteiger partial charge in [0, 0.05) is 25.7 Å². The molecule has 2 rings (SSSR count). The van der Waals surface area contributed by atoms with Gasteiger partial charge in [0.2, 0.25) is 5.91 Å². The second-order valence-electron chi connectivity index (χ2n) is 3.38. The summed E-state index contributed by atoms with van der Waals surface area (Å²) >= 11 is 0. The molecule has 2 heterocycles. The van der Waals surface area contributed by atoms with Crippen LogP contribution in [-0.4, -0.2) is 17.4 Å². The summed E-state index contributed by atoms with van der Waals surface area (Å²) < 4.78 is 0. The number of nitrogens with two attached hydrogens (primary N) is 1. The first-order valence-electron chi connectivity index (χ1n) is 4.76. The van der Waals surface area contributed by atoms with Crippen LogP contribution in [0.25, 0.3) is 0 Å². The third kappa shape index (κ3) is 1.61. The average Bonchev–Trinajstić information content (AvgIpc) is 2.65. The van der Waals surface area contributed by atoms with E-state index >= 15 is 0 Å². The van der Waals surface area contributed by atoms with E-state index in [1.54, 1.807) is 11.1 Å². The van der Waals surface area contributed by atoms with Crippen LogP contribution in [-0.2, 0) is 11.3 Å². The minimum atomic E-state index is 0.159. The second-order valence-corrected chi connectivity index (χ2v) is 3.38. The van der Waals surface area contributed by atoms with Gasteiger partial charge in [-0.15, -0.1) is 0 Å². The third-order valence-corrected chi connectivity index (χ3v) is 2.40. The van der Waals surface area contributed by atoms with Gasteiger partial charge in [-0.05, 0) is 24.1 Å². The van der Waals surface area contributed by atoms with Gasteiger partial charge < -0.3 is 5.73 Å². The highest BCUT2D eigenvalue weighted by Crippen LogP contribution is 2.19. The zero-order valence-electron chi connectivity index (χ0n) is 7.94. The first kappa shape index (κ1) is 9.15. The van der Waals surface area contributed by atoms with Crippen molar-refractivity contribution in [1.29, 1.82) is 0 Å². The van der Waals surface area contributed by atoms with E-state index < -0.39 is 0 Å². The molecular weight excluding hydrogens is 178 g/mol. The molecule has 1 amide bonds. The number of nitrogens with zero attached hydrogens (tertiary/aromatic N) is 2. The lowest BCUT2D eigenvalue weighted by atomic mass is 10.2. The SMILES string of the molecule is NCc1ccnc(N2CCCC2=O)c1. The van der Waals surface area contributed by atoms with Crippen molar-refractivity contribution < 1.29 is 4.79 Å². The van der Waals surface area contributed by atoms with Gasteiger partial charge in [-0.2, -0.15) is 0 Å². The molecule has 4 nitrogen and oxygen atoms in total. The molecule has 0 radical (unpaired) electrons. The minimum Gasteiger partial charge on any atom is -0.326 e. The van der Waals surface area contributed by atoms with Crippen molar-refractivity contribution in [2.45, 2.75) is 19.4 Å². The Morgan fingerprint density at radius 1 is 1.57 bits per heavy atom. The number of anilines is 1. The largest absolute Gasteiger partial charge is 0.326 e. The number of carbonyl (C=O) groups is 1. The first-order valence-corrected chi connectivity index (χ1v) is 4.76. The normalized spacial score (nSPS) is 16.4. The first-order chi connectivity index (χ1) is 6.81. The van der Waals surface area contributed by atoms with Crippen LogP contribution in [0.5, 0.6) is 0 Å². The van der Waals surface area contributed by atoms with Crippen LogP contribution in [0.2, 0.25) is 0 Å². The molecule has 0 aliphatic carbocycles. The van der Waals surface area contributed by atoms with Crippen LogP contribution in [0.3, 0.4) is 0 Å². The third-order valence-electron chi connectivity index (χ3n) is 2.40. The van der Waals surface area contributed by atoms with E-state index in [0.717, 1.165) is 24.3 Å². The number of aromatic nitrogens is 1. The summed E-state index contributed by atoms with van der Waals surface area (Å²) in [6.07, 6.45) is 3.25. The molecule has 1 aromatic heterocycles. The lowest BCUT2D eigenvalue weighted by Gasteiger charge is -2.14. The Kier molecular flexibility index (Phi) is 2.45. The lowest BCUT2D eigenvalue weighted by molar-refractivity contribution is -0.117. The van der Waals surface area contributed by atoms with E-state index in [1.807, 2.05) is 12.1 Å². The molecule has 0 aromatic carbocycles. The number of hydrogen-bond acceptors (Lipinski definition) is 3. The van der Waals surface area contributed by atoms with Crippen molar-refractivity contribution in [1.82, 2.24) is 4.98 Å². The van der Waals surface area contributed by atoms with Crippen molar-refractivity contribution in [2.24, 2.45) is 5.73 Å². The Labute approximate surface area is 82.7 Å². The van der Waals surface area contributed by atoms with Crippen LogP contribution >= 0.6 is 0 Å². The number of pyridine rings is 1. The van der Waals surface area contributed by atoms with Gasteiger partial charge in [-0.25, -0.2) is 4.98 Å². The predicted octanol–water partition coefficient (Wildman–Crippen LogP) is 0.667. The molecule has 14 heavy (non-hydrogen) atoms. The quantitative estimate of drug-likeness (QED) is 0.747. The molecule has 0 unspecified atom stereocenters. The van der Waals surface area contributed by atoms with E-state index in [1.165, 1.54) is 0 Å². The zero-order chi connectivity index (χ0) is 9.97. The summed E-state index contributed by atoms with van der Waals surface area (Å²) in [5, 5.41) is 0. The van der Waals surface area contributed by atoms with E-state index in [-0.39, 0.29) is 5.91 Å². The van der Waals surface area contributed by atoms with Gasteiger partial charge in [0.05, 0.1) is 0 Å². The smallest absolute Gasteiger partial charge is 0.228 e. The Morgan fingerprint density at radius 3 is 3.07 bits per heavy atom. The molecule has 0 atom stereocenters. The van der Waals surface area contributed by atoms with Gasteiger partial charge in [0.1, 0.15) is 5.82 Å². The van der Waals surface area contributed by atoms with E-state index in [9.17, 15) is 4.79 Å². The number of rotatable bonds is 2. The number of amides is 1. The molecule has 0 saturated carbocycles. The molecule has 4 heteroatoms. The highest BCUT2D eigenvalue weighted by Gasteiger charge is 2.22. The second kappa shape index (κ2) is 3.75. The van der Waals surface area contributed by atoms with E-state index in [0.29, 0.717) is 13.0 Å². The van der Waals surface area contributed by atoms with Gasteiger partial charge in [-0.3, -0.25) is 9.69 Å². The molecule has 74 valence electrons. The molecule has 1 aliphatic heterocycles. The highest BCUT2D eigenvalue weighted by molar-refractivity contribution is 5.94.